The van der Waals surface area contributed by atoms with E-state index in [0.29, 0.717) is 31.6 Å². The van der Waals surface area contributed by atoms with Crippen LogP contribution in [0, 0.1) is 18.4 Å². The number of hydrogen-bond acceptors (Lipinski definition) is 5. The molecule has 0 aliphatic carbocycles. The van der Waals surface area contributed by atoms with Crippen molar-refractivity contribution in [2.24, 2.45) is 4.99 Å². The molecular weight excluding hydrogens is 456 g/mol. The summed E-state index contributed by atoms with van der Waals surface area (Å²) >= 11 is 0. The maximum Gasteiger partial charge on any atom is 0.251 e. The van der Waals surface area contributed by atoms with Crippen LogP contribution in [0.4, 0.5) is 5.69 Å². The van der Waals surface area contributed by atoms with Gasteiger partial charge in [-0.3, -0.25) is 14.9 Å². The number of guanidine groups is 1. The lowest BCUT2D eigenvalue weighted by Gasteiger charge is -2.23. The van der Waals surface area contributed by atoms with Crippen molar-refractivity contribution in [1.82, 2.24) is 15.5 Å². The van der Waals surface area contributed by atoms with Gasteiger partial charge in [0.2, 0.25) is 11.9 Å². The van der Waals surface area contributed by atoms with Gasteiger partial charge in [0.25, 0.3) is 5.91 Å². The maximum atomic E-state index is 13.4. The zero-order chi connectivity index (χ0) is 25.5. The Kier molecular flexibility index (Phi) is 7.85. The molecule has 186 valence electrons. The van der Waals surface area contributed by atoms with E-state index in [9.17, 15) is 14.9 Å². The Bertz CT molecular complexity index is 1320. The summed E-state index contributed by atoms with van der Waals surface area (Å²) < 4.78 is 5.62. The number of carbonyl (C=O) groups excluding carboxylic acids is 2. The number of furan rings is 1. The SMILES string of the molecule is CCNC(=O)c1cccc(CN2CCCCC(N=C(NC#N)Nc3ccc4oc(C)cc4c3)C2=O)c1. The molecule has 1 aromatic heterocycles. The van der Waals surface area contributed by atoms with Crippen LogP contribution in [0.1, 0.15) is 47.9 Å². The van der Waals surface area contributed by atoms with Crippen LogP contribution in [-0.2, 0) is 11.3 Å². The highest BCUT2D eigenvalue weighted by molar-refractivity contribution is 5.98. The molecule has 1 aliphatic rings. The summed E-state index contributed by atoms with van der Waals surface area (Å²) in [6.07, 6.45) is 4.20. The van der Waals surface area contributed by atoms with Crippen LogP contribution >= 0.6 is 0 Å². The molecule has 4 rings (SSSR count). The molecule has 1 atom stereocenters. The van der Waals surface area contributed by atoms with Crippen LogP contribution in [0.2, 0.25) is 0 Å². The molecule has 1 saturated heterocycles. The molecule has 3 aromatic rings. The number of nitrogens with one attached hydrogen (secondary N) is 3. The number of rotatable bonds is 6. The standard InChI is InChI=1S/C27H30N6O3/c1-3-29-25(34)20-8-6-7-19(14-20)16-33-12-5-4-9-23(26(33)35)32-27(30-17-28)31-22-10-11-24-21(15-22)13-18(2)36-24/h6-8,10-11,13-15,23H,3-5,9,12,16H2,1-2H3,(H,29,34)(H2,30,31,32). The first-order valence-corrected chi connectivity index (χ1v) is 12.1. The summed E-state index contributed by atoms with van der Waals surface area (Å²) in [4.78, 5) is 32.0. The molecule has 2 heterocycles. The molecule has 0 radical (unpaired) electrons. The van der Waals surface area contributed by atoms with Crippen molar-refractivity contribution >= 4 is 34.4 Å². The molecule has 9 nitrogen and oxygen atoms in total. The number of benzene rings is 2. The number of anilines is 1. The molecule has 2 amide bonds. The molecule has 1 aliphatic heterocycles. The van der Waals surface area contributed by atoms with Crippen molar-refractivity contribution in [2.45, 2.75) is 45.7 Å². The molecule has 0 saturated carbocycles. The first kappa shape index (κ1) is 24.8. The largest absolute Gasteiger partial charge is 0.461 e. The summed E-state index contributed by atoms with van der Waals surface area (Å²) in [6.45, 7) is 5.32. The Morgan fingerprint density at radius 2 is 2.08 bits per heavy atom. The normalized spacial score (nSPS) is 16.4. The van der Waals surface area contributed by atoms with Crippen LogP contribution in [0.25, 0.3) is 11.0 Å². The van der Waals surface area contributed by atoms with Crippen molar-refractivity contribution in [3.05, 3.63) is 65.4 Å². The minimum Gasteiger partial charge on any atom is -0.461 e. The number of aryl methyl sites for hydroxylation is 1. The fraction of sp³-hybridized carbons (Fsp3) is 0.333. The summed E-state index contributed by atoms with van der Waals surface area (Å²) in [6, 6.07) is 14.2. The molecule has 0 bridgehead atoms. The molecule has 1 unspecified atom stereocenters. The second kappa shape index (κ2) is 11.4. The first-order chi connectivity index (χ1) is 17.5. The highest BCUT2D eigenvalue weighted by Gasteiger charge is 2.27. The Morgan fingerprint density at radius 3 is 2.89 bits per heavy atom. The smallest absolute Gasteiger partial charge is 0.251 e. The Balaban J connectivity index is 1.51. The van der Waals surface area contributed by atoms with Crippen LogP contribution in [0.3, 0.4) is 0 Å². The van der Waals surface area contributed by atoms with Gasteiger partial charge in [0.15, 0.2) is 6.19 Å². The number of nitrogens with zero attached hydrogens (tertiary/aromatic N) is 3. The number of hydrogen-bond donors (Lipinski definition) is 3. The van der Waals surface area contributed by atoms with Crippen molar-refractivity contribution in [2.75, 3.05) is 18.4 Å². The van der Waals surface area contributed by atoms with Gasteiger partial charge in [-0.15, -0.1) is 0 Å². The van der Waals surface area contributed by atoms with Crippen LogP contribution in [-0.4, -0.2) is 41.8 Å². The van der Waals surface area contributed by atoms with Crippen molar-refractivity contribution in [1.29, 1.82) is 5.26 Å². The number of likely N-dealkylation sites (tertiary alicyclic amines) is 1. The quantitative estimate of drug-likeness (QED) is 0.210. The molecule has 36 heavy (non-hydrogen) atoms. The van der Waals surface area contributed by atoms with Crippen molar-refractivity contribution in [3.8, 4) is 6.19 Å². The van der Waals surface area contributed by atoms with Gasteiger partial charge in [0.05, 0.1) is 0 Å². The summed E-state index contributed by atoms with van der Waals surface area (Å²) in [5.74, 6) is 0.796. The van der Waals surface area contributed by atoms with Gasteiger partial charge in [-0.25, -0.2) is 4.99 Å². The van der Waals surface area contributed by atoms with E-state index in [4.69, 9.17) is 4.42 Å². The van der Waals surface area contributed by atoms with Gasteiger partial charge in [0, 0.05) is 36.3 Å². The predicted octanol–water partition coefficient (Wildman–Crippen LogP) is 3.91. The average molecular weight is 487 g/mol. The third kappa shape index (κ3) is 6.02. The summed E-state index contributed by atoms with van der Waals surface area (Å²) in [7, 11) is 0. The number of carbonyl (C=O) groups is 2. The number of aliphatic imine (C=N–C) groups is 1. The molecule has 0 spiro atoms. The highest BCUT2D eigenvalue weighted by atomic mass is 16.3. The Hall–Kier alpha value is -4.32. The predicted molar refractivity (Wildman–Crippen MR) is 138 cm³/mol. The highest BCUT2D eigenvalue weighted by Crippen LogP contribution is 2.23. The van der Waals surface area contributed by atoms with Gasteiger partial charge in [0.1, 0.15) is 17.4 Å². The number of nitriles is 1. The zero-order valence-electron chi connectivity index (χ0n) is 20.5. The van der Waals surface area contributed by atoms with Gasteiger partial charge in [-0.05, 0) is 75.1 Å². The van der Waals surface area contributed by atoms with E-state index in [1.165, 1.54) is 0 Å². The van der Waals surface area contributed by atoms with E-state index in [0.717, 1.165) is 40.8 Å². The Morgan fingerprint density at radius 1 is 1.22 bits per heavy atom. The summed E-state index contributed by atoms with van der Waals surface area (Å²) in [5.41, 5.74) is 2.95. The first-order valence-electron chi connectivity index (χ1n) is 12.1. The lowest BCUT2D eigenvalue weighted by Crippen LogP contribution is -2.39. The molecule has 3 N–H and O–H groups in total. The Labute approximate surface area is 210 Å². The van der Waals surface area contributed by atoms with Crippen LogP contribution in [0.5, 0.6) is 0 Å². The van der Waals surface area contributed by atoms with E-state index in [1.807, 2.05) is 62.5 Å². The topological polar surface area (TPSA) is 123 Å². The second-order valence-corrected chi connectivity index (χ2v) is 8.78. The maximum absolute atomic E-state index is 13.4. The monoisotopic (exact) mass is 486 g/mol. The van der Waals surface area contributed by atoms with E-state index >= 15 is 0 Å². The molecular formula is C27H30N6O3. The molecule has 1 fully saturated rings. The second-order valence-electron chi connectivity index (χ2n) is 8.78. The van der Waals surface area contributed by atoms with E-state index in [1.54, 1.807) is 11.0 Å². The molecule has 2 aromatic carbocycles. The van der Waals surface area contributed by atoms with Gasteiger partial charge in [-0.2, -0.15) is 5.26 Å². The van der Waals surface area contributed by atoms with E-state index in [2.05, 4.69) is 20.9 Å². The average Bonchev–Trinajstić information content (AvgIpc) is 3.15. The van der Waals surface area contributed by atoms with Gasteiger partial charge < -0.3 is 20.0 Å². The van der Waals surface area contributed by atoms with Gasteiger partial charge >= 0.3 is 0 Å². The molecule has 9 heteroatoms. The van der Waals surface area contributed by atoms with Crippen molar-refractivity contribution < 1.29 is 14.0 Å². The van der Waals surface area contributed by atoms with Crippen LogP contribution < -0.4 is 16.0 Å². The minimum atomic E-state index is -0.623. The number of fused-ring (bicyclic) bond motifs is 1. The van der Waals surface area contributed by atoms with E-state index < -0.39 is 6.04 Å². The third-order valence-electron chi connectivity index (χ3n) is 6.01. The summed E-state index contributed by atoms with van der Waals surface area (Å²) in [5, 5.41) is 18.7. The fourth-order valence-corrected chi connectivity index (χ4v) is 4.35. The van der Waals surface area contributed by atoms with E-state index in [-0.39, 0.29) is 17.8 Å². The lowest BCUT2D eigenvalue weighted by molar-refractivity contribution is -0.132. The van der Waals surface area contributed by atoms with Crippen LogP contribution in [0.15, 0.2) is 57.9 Å². The number of amides is 2. The fourth-order valence-electron chi connectivity index (χ4n) is 4.35. The third-order valence-corrected chi connectivity index (χ3v) is 6.01. The van der Waals surface area contributed by atoms with Crippen molar-refractivity contribution in [3.63, 3.8) is 0 Å². The zero-order valence-corrected chi connectivity index (χ0v) is 20.5. The lowest BCUT2D eigenvalue weighted by atomic mass is 10.1. The van der Waals surface area contributed by atoms with Gasteiger partial charge in [-0.1, -0.05) is 12.1 Å². The minimum absolute atomic E-state index is 0.101.